The van der Waals surface area contributed by atoms with Gasteiger partial charge >= 0.3 is 0 Å². The van der Waals surface area contributed by atoms with Crippen molar-refractivity contribution in [2.45, 2.75) is 57.7 Å². The Kier molecular flexibility index (Phi) is 3.85. The SMILES string of the molecule is CC1CCC(CNCC2COC(C)(C)O2)O1. The molecule has 1 N–H and O–H groups in total. The quantitative estimate of drug-likeness (QED) is 0.788. The van der Waals surface area contributed by atoms with Crippen LogP contribution in [0, 0.1) is 0 Å². The molecule has 0 aliphatic carbocycles. The lowest BCUT2D eigenvalue weighted by atomic mass is 10.2. The Morgan fingerprint density at radius 1 is 1.19 bits per heavy atom. The third kappa shape index (κ3) is 3.42. The zero-order valence-corrected chi connectivity index (χ0v) is 10.5. The third-order valence-electron chi connectivity index (χ3n) is 3.13. The van der Waals surface area contributed by atoms with Gasteiger partial charge in [-0.05, 0) is 33.6 Å². The van der Waals surface area contributed by atoms with Crippen LogP contribution in [-0.4, -0.2) is 43.8 Å². The van der Waals surface area contributed by atoms with Gasteiger partial charge < -0.3 is 19.5 Å². The molecular weight excluding hydrogens is 206 g/mol. The van der Waals surface area contributed by atoms with Crippen LogP contribution in [0.25, 0.3) is 0 Å². The number of nitrogens with one attached hydrogen (secondary N) is 1. The number of ether oxygens (including phenoxy) is 3. The van der Waals surface area contributed by atoms with Gasteiger partial charge in [0.15, 0.2) is 5.79 Å². The van der Waals surface area contributed by atoms with Crippen molar-refractivity contribution in [2.24, 2.45) is 0 Å². The molecule has 0 saturated carbocycles. The molecule has 2 heterocycles. The molecule has 2 saturated heterocycles. The normalized spacial score (nSPS) is 38.1. The van der Waals surface area contributed by atoms with Crippen molar-refractivity contribution < 1.29 is 14.2 Å². The summed E-state index contributed by atoms with van der Waals surface area (Å²) in [6.07, 6.45) is 3.33. The average Bonchev–Trinajstić information content (AvgIpc) is 2.73. The standard InChI is InChI=1S/C12H23NO3/c1-9-4-5-10(15-9)6-13-7-11-8-14-12(2,3)16-11/h9-11,13H,4-8H2,1-3H3. The maximum atomic E-state index is 5.73. The van der Waals surface area contributed by atoms with Gasteiger partial charge in [-0.2, -0.15) is 0 Å². The fourth-order valence-electron chi connectivity index (χ4n) is 2.30. The van der Waals surface area contributed by atoms with Gasteiger partial charge in [0, 0.05) is 13.1 Å². The minimum absolute atomic E-state index is 0.175. The summed E-state index contributed by atoms with van der Waals surface area (Å²) in [4.78, 5) is 0. The van der Waals surface area contributed by atoms with E-state index in [0.29, 0.717) is 18.8 Å². The Bertz CT molecular complexity index is 232. The molecule has 3 unspecified atom stereocenters. The van der Waals surface area contributed by atoms with Gasteiger partial charge in [-0.25, -0.2) is 0 Å². The summed E-state index contributed by atoms with van der Waals surface area (Å²) in [5.74, 6) is -0.412. The smallest absolute Gasteiger partial charge is 0.163 e. The fourth-order valence-corrected chi connectivity index (χ4v) is 2.30. The van der Waals surface area contributed by atoms with Crippen molar-refractivity contribution in [3.05, 3.63) is 0 Å². The zero-order chi connectivity index (χ0) is 11.6. The summed E-state index contributed by atoms with van der Waals surface area (Å²) in [5, 5.41) is 3.40. The largest absolute Gasteiger partial charge is 0.374 e. The maximum absolute atomic E-state index is 5.73. The first-order valence-corrected chi connectivity index (χ1v) is 6.23. The molecule has 16 heavy (non-hydrogen) atoms. The second-order valence-electron chi connectivity index (χ2n) is 5.26. The first-order valence-electron chi connectivity index (χ1n) is 6.23. The Labute approximate surface area is 97.6 Å². The Morgan fingerprint density at radius 3 is 2.50 bits per heavy atom. The molecule has 2 rings (SSSR count). The van der Waals surface area contributed by atoms with E-state index in [0.717, 1.165) is 13.1 Å². The highest BCUT2D eigenvalue weighted by atomic mass is 16.7. The Balaban J connectivity index is 1.58. The van der Waals surface area contributed by atoms with Gasteiger partial charge in [0.2, 0.25) is 0 Å². The molecule has 0 radical (unpaired) electrons. The van der Waals surface area contributed by atoms with E-state index in [9.17, 15) is 0 Å². The summed E-state index contributed by atoms with van der Waals surface area (Å²) in [7, 11) is 0. The lowest BCUT2D eigenvalue weighted by Gasteiger charge is -2.18. The van der Waals surface area contributed by atoms with Crippen LogP contribution in [0.5, 0.6) is 0 Å². The van der Waals surface area contributed by atoms with E-state index in [4.69, 9.17) is 14.2 Å². The lowest BCUT2D eigenvalue weighted by molar-refractivity contribution is -0.137. The molecule has 0 aromatic carbocycles. The van der Waals surface area contributed by atoms with E-state index in [1.54, 1.807) is 0 Å². The molecule has 4 nitrogen and oxygen atoms in total. The average molecular weight is 229 g/mol. The molecular formula is C12H23NO3. The summed E-state index contributed by atoms with van der Waals surface area (Å²) in [6, 6.07) is 0. The molecule has 0 aromatic rings. The van der Waals surface area contributed by atoms with Crippen LogP contribution in [0.4, 0.5) is 0 Å². The Morgan fingerprint density at radius 2 is 1.94 bits per heavy atom. The molecule has 0 spiro atoms. The van der Waals surface area contributed by atoms with Gasteiger partial charge in [-0.1, -0.05) is 0 Å². The van der Waals surface area contributed by atoms with Crippen molar-refractivity contribution in [2.75, 3.05) is 19.7 Å². The zero-order valence-electron chi connectivity index (χ0n) is 10.5. The number of hydrogen-bond donors (Lipinski definition) is 1. The highest BCUT2D eigenvalue weighted by Crippen LogP contribution is 2.22. The van der Waals surface area contributed by atoms with Gasteiger partial charge in [-0.15, -0.1) is 0 Å². The Hall–Kier alpha value is -0.160. The van der Waals surface area contributed by atoms with E-state index in [1.807, 2.05) is 13.8 Å². The van der Waals surface area contributed by atoms with Gasteiger partial charge in [0.1, 0.15) is 0 Å². The predicted octanol–water partition coefficient (Wildman–Crippen LogP) is 1.29. The molecule has 4 heteroatoms. The van der Waals surface area contributed by atoms with Crippen molar-refractivity contribution in [3.8, 4) is 0 Å². The van der Waals surface area contributed by atoms with Crippen molar-refractivity contribution in [3.63, 3.8) is 0 Å². The van der Waals surface area contributed by atoms with Crippen LogP contribution in [0.15, 0.2) is 0 Å². The van der Waals surface area contributed by atoms with Crippen LogP contribution in [0.2, 0.25) is 0 Å². The minimum atomic E-state index is -0.412. The summed E-state index contributed by atoms with van der Waals surface area (Å²) < 4.78 is 16.9. The van der Waals surface area contributed by atoms with Gasteiger partial charge in [0.05, 0.1) is 24.9 Å². The van der Waals surface area contributed by atoms with E-state index in [-0.39, 0.29) is 6.10 Å². The molecule has 0 bridgehead atoms. The second kappa shape index (κ2) is 5.00. The predicted molar refractivity (Wildman–Crippen MR) is 61.3 cm³/mol. The molecule has 2 fully saturated rings. The lowest BCUT2D eigenvalue weighted by Crippen LogP contribution is -2.35. The molecule has 94 valence electrons. The first-order chi connectivity index (χ1) is 7.55. The van der Waals surface area contributed by atoms with E-state index >= 15 is 0 Å². The summed E-state index contributed by atoms with van der Waals surface area (Å²) in [5.41, 5.74) is 0. The van der Waals surface area contributed by atoms with Crippen LogP contribution >= 0.6 is 0 Å². The summed E-state index contributed by atoms with van der Waals surface area (Å²) >= 11 is 0. The van der Waals surface area contributed by atoms with E-state index in [1.165, 1.54) is 12.8 Å². The van der Waals surface area contributed by atoms with Crippen LogP contribution in [0.1, 0.15) is 33.6 Å². The molecule has 0 amide bonds. The van der Waals surface area contributed by atoms with E-state index < -0.39 is 5.79 Å². The van der Waals surface area contributed by atoms with Crippen molar-refractivity contribution in [1.29, 1.82) is 0 Å². The fraction of sp³-hybridized carbons (Fsp3) is 1.00. The topological polar surface area (TPSA) is 39.7 Å². The highest BCUT2D eigenvalue weighted by Gasteiger charge is 2.32. The van der Waals surface area contributed by atoms with Crippen LogP contribution in [0.3, 0.4) is 0 Å². The number of hydrogen-bond acceptors (Lipinski definition) is 4. The number of rotatable bonds is 4. The van der Waals surface area contributed by atoms with Crippen molar-refractivity contribution in [1.82, 2.24) is 5.32 Å². The summed E-state index contributed by atoms with van der Waals surface area (Å²) in [6.45, 7) is 8.49. The second-order valence-corrected chi connectivity index (χ2v) is 5.26. The molecule has 0 aromatic heterocycles. The van der Waals surface area contributed by atoms with Crippen molar-refractivity contribution >= 4 is 0 Å². The third-order valence-corrected chi connectivity index (χ3v) is 3.13. The monoisotopic (exact) mass is 229 g/mol. The van der Waals surface area contributed by atoms with Gasteiger partial charge in [0.25, 0.3) is 0 Å². The van der Waals surface area contributed by atoms with Crippen LogP contribution < -0.4 is 5.32 Å². The van der Waals surface area contributed by atoms with Gasteiger partial charge in [-0.3, -0.25) is 0 Å². The molecule has 2 aliphatic rings. The first kappa shape index (κ1) is 12.3. The van der Waals surface area contributed by atoms with Crippen LogP contribution in [-0.2, 0) is 14.2 Å². The van der Waals surface area contributed by atoms with E-state index in [2.05, 4.69) is 12.2 Å². The minimum Gasteiger partial charge on any atom is -0.374 e. The maximum Gasteiger partial charge on any atom is 0.163 e. The molecule has 3 atom stereocenters. The highest BCUT2D eigenvalue weighted by molar-refractivity contribution is 4.76. The molecule has 2 aliphatic heterocycles.